The molecule has 0 spiro atoms. The van der Waals surface area contributed by atoms with Crippen LogP contribution in [0.4, 0.5) is 0 Å². The minimum Gasteiger partial charge on any atom is -0.465 e. The van der Waals surface area contributed by atoms with Crippen molar-refractivity contribution < 1.29 is 14.4 Å². The summed E-state index contributed by atoms with van der Waals surface area (Å²) in [6.45, 7) is 0. The van der Waals surface area contributed by atoms with Crippen molar-refractivity contribution >= 4 is 26.5 Å². The fourth-order valence-electron chi connectivity index (χ4n) is 0.995. The van der Waals surface area contributed by atoms with Crippen LogP contribution >= 0.6 is 15.9 Å². The van der Waals surface area contributed by atoms with Crippen LogP contribution in [-0.2, 0) is 9.57 Å². The topological polar surface area (TPSA) is 47.9 Å². The molecule has 15 heavy (non-hydrogen) atoms. The average molecular weight is 272 g/mol. The lowest BCUT2D eigenvalue weighted by atomic mass is 10.1. The molecule has 0 amide bonds. The van der Waals surface area contributed by atoms with E-state index in [9.17, 15) is 4.79 Å². The minimum absolute atomic E-state index is 0.360. The number of rotatable bonds is 3. The first-order chi connectivity index (χ1) is 7.19. The quantitative estimate of drug-likeness (QED) is 0.481. The van der Waals surface area contributed by atoms with Crippen molar-refractivity contribution in [3.05, 3.63) is 35.4 Å². The van der Waals surface area contributed by atoms with Crippen molar-refractivity contribution in [2.75, 3.05) is 14.2 Å². The lowest BCUT2D eigenvalue weighted by molar-refractivity contribution is 0.0601. The Hall–Kier alpha value is -1.36. The molecule has 1 rings (SSSR count). The van der Waals surface area contributed by atoms with Crippen molar-refractivity contribution in [1.29, 1.82) is 0 Å². The Kier molecular flexibility index (Phi) is 4.30. The van der Waals surface area contributed by atoms with Crippen molar-refractivity contribution in [2.24, 2.45) is 5.16 Å². The highest BCUT2D eigenvalue weighted by Crippen LogP contribution is 2.10. The van der Waals surface area contributed by atoms with Crippen LogP contribution in [0.15, 0.2) is 29.4 Å². The third-order valence-electron chi connectivity index (χ3n) is 1.72. The normalized spacial score (nSPS) is 11.0. The Bertz CT molecular complexity index is 373. The van der Waals surface area contributed by atoms with E-state index < -0.39 is 0 Å². The largest absolute Gasteiger partial charge is 0.465 e. The molecule has 1 aromatic carbocycles. The zero-order valence-electron chi connectivity index (χ0n) is 8.36. The molecular weight excluding hydrogens is 262 g/mol. The zero-order chi connectivity index (χ0) is 11.3. The number of benzene rings is 1. The van der Waals surface area contributed by atoms with Crippen molar-refractivity contribution in [3.63, 3.8) is 0 Å². The molecule has 1 aromatic rings. The van der Waals surface area contributed by atoms with Crippen LogP contribution < -0.4 is 0 Å². The molecule has 0 radical (unpaired) electrons. The maximum atomic E-state index is 11.1. The molecule has 4 nitrogen and oxygen atoms in total. The molecule has 0 aliphatic rings. The highest BCUT2D eigenvalue weighted by molar-refractivity contribution is 9.18. The minimum atomic E-state index is -0.360. The van der Waals surface area contributed by atoms with Gasteiger partial charge in [0.2, 0.25) is 0 Å². The first-order valence-electron chi connectivity index (χ1n) is 4.14. The molecule has 0 unspecified atom stereocenters. The fraction of sp³-hybridized carbons (Fsp3) is 0.200. The summed E-state index contributed by atoms with van der Waals surface area (Å²) in [5.41, 5.74) is 1.32. The molecule has 0 fully saturated rings. The number of nitrogens with zero attached hydrogens (tertiary/aromatic N) is 1. The van der Waals surface area contributed by atoms with E-state index in [0.29, 0.717) is 10.2 Å². The average Bonchev–Trinajstić information content (AvgIpc) is 2.28. The summed E-state index contributed by atoms with van der Waals surface area (Å²) in [5.74, 6) is -0.360. The monoisotopic (exact) mass is 271 g/mol. The molecule has 0 aromatic heterocycles. The van der Waals surface area contributed by atoms with Gasteiger partial charge in [0.1, 0.15) is 7.11 Å². The second-order valence-electron chi connectivity index (χ2n) is 2.63. The highest BCUT2D eigenvalue weighted by atomic mass is 79.9. The van der Waals surface area contributed by atoms with E-state index in [0.717, 1.165) is 5.56 Å². The highest BCUT2D eigenvalue weighted by Gasteiger charge is 2.05. The number of carbonyl (C=O) groups excluding carboxylic acids is 1. The second kappa shape index (κ2) is 5.50. The van der Waals surface area contributed by atoms with Crippen molar-refractivity contribution in [2.45, 2.75) is 0 Å². The molecule has 0 saturated carbocycles. The Balaban J connectivity index is 2.90. The lowest BCUT2D eigenvalue weighted by Gasteiger charge is -2.01. The smallest absolute Gasteiger partial charge is 0.337 e. The van der Waals surface area contributed by atoms with Crippen LogP contribution in [0.2, 0.25) is 0 Å². The Morgan fingerprint density at radius 1 is 1.20 bits per heavy atom. The van der Waals surface area contributed by atoms with E-state index >= 15 is 0 Å². The summed E-state index contributed by atoms with van der Waals surface area (Å²) in [6, 6.07) is 6.82. The van der Waals surface area contributed by atoms with Gasteiger partial charge in [-0.2, -0.15) is 0 Å². The molecule has 0 N–H and O–H groups in total. The predicted octanol–water partition coefficient (Wildman–Crippen LogP) is 2.18. The number of ether oxygens (including phenoxy) is 1. The van der Waals surface area contributed by atoms with E-state index in [1.807, 2.05) is 0 Å². The molecule has 0 heterocycles. The summed E-state index contributed by atoms with van der Waals surface area (Å²) in [4.78, 5) is 15.7. The molecule has 0 bridgehead atoms. The molecule has 0 atom stereocenters. The van der Waals surface area contributed by atoms with Crippen LogP contribution in [-0.4, -0.2) is 24.8 Å². The summed E-state index contributed by atoms with van der Waals surface area (Å²) >= 11 is 3.23. The van der Waals surface area contributed by atoms with Crippen LogP contribution in [0, 0.1) is 0 Å². The van der Waals surface area contributed by atoms with E-state index in [2.05, 4.69) is 30.7 Å². The lowest BCUT2D eigenvalue weighted by Crippen LogP contribution is -2.01. The molecule has 0 aliphatic heterocycles. The van der Waals surface area contributed by atoms with Gasteiger partial charge < -0.3 is 9.57 Å². The van der Waals surface area contributed by atoms with Crippen LogP contribution in [0.5, 0.6) is 0 Å². The standard InChI is InChI=1S/C10H10BrNO3/c1-14-10(13)8-5-3-7(4-6-8)9(11)12-15-2/h3-6H,1-2H3/b12-9-. The van der Waals surface area contributed by atoms with Crippen LogP contribution in [0.25, 0.3) is 0 Å². The van der Waals surface area contributed by atoms with E-state index in [-0.39, 0.29) is 5.97 Å². The maximum absolute atomic E-state index is 11.1. The van der Waals surface area contributed by atoms with Crippen LogP contribution in [0.1, 0.15) is 15.9 Å². The van der Waals surface area contributed by atoms with Gasteiger partial charge in [0.15, 0.2) is 4.62 Å². The van der Waals surface area contributed by atoms with Gasteiger partial charge in [0, 0.05) is 5.56 Å². The van der Waals surface area contributed by atoms with Gasteiger partial charge in [-0.25, -0.2) is 4.79 Å². The Morgan fingerprint density at radius 2 is 1.73 bits per heavy atom. The number of carbonyl (C=O) groups is 1. The summed E-state index contributed by atoms with van der Waals surface area (Å²) < 4.78 is 5.15. The molecular formula is C10H10BrNO3. The number of oxime groups is 1. The third-order valence-corrected chi connectivity index (χ3v) is 2.32. The van der Waals surface area contributed by atoms with Gasteiger partial charge in [-0.3, -0.25) is 0 Å². The van der Waals surface area contributed by atoms with Gasteiger partial charge in [0.25, 0.3) is 0 Å². The third kappa shape index (κ3) is 3.06. The van der Waals surface area contributed by atoms with E-state index in [1.165, 1.54) is 14.2 Å². The van der Waals surface area contributed by atoms with Gasteiger partial charge in [0.05, 0.1) is 12.7 Å². The van der Waals surface area contributed by atoms with Gasteiger partial charge >= 0.3 is 5.97 Å². The summed E-state index contributed by atoms with van der Waals surface area (Å²) in [5, 5.41) is 3.71. The number of hydrogen-bond acceptors (Lipinski definition) is 4. The zero-order valence-corrected chi connectivity index (χ0v) is 9.95. The summed E-state index contributed by atoms with van der Waals surface area (Å²) in [6.07, 6.45) is 0. The number of halogens is 1. The van der Waals surface area contributed by atoms with E-state index in [1.54, 1.807) is 24.3 Å². The first kappa shape index (κ1) is 11.7. The first-order valence-corrected chi connectivity index (χ1v) is 4.93. The fourth-order valence-corrected chi connectivity index (χ4v) is 1.40. The van der Waals surface area contributed by atoms with Crippen LogP contribution in [0.3, 0.4) is 0 Å². The summed E-state index contributed by atoms with van der Waals surface area (Å²) in [7, 11) is 2.81. The van der Waals surface area contributed by atoms with Gasteiger partial charge in [-0.05, 0) is 28.1 Å². The molecule has 5 heteroatoms. The second-order valence-corrected chi connectivity index (χ2v) is 3.38. The molecule has 80 valence electrons. The van der Waals surface area contributed by atoms with Gasteiger partial charge in [-0.1, -0.05) is 17.3 Å². The number of hydrogen-bond donors (Lipinski definition) is 0. The van der Waals surface area contributed by atoms with E-state index in [4.69, 9.17) is 0 Å². The number of esters is 1. The van der Waals surface area contributed by atoms with Crippen molar-refractivity contribution in [3.8, 4) is 0 Å². The molecule has 0 saturated heterocycles. The maximum Gasteiger partial charge on any atom is 0.337 e. The van der Waals surface area contributed by atoms with Crippen molar-refractivity contribution in [1.82, 2.24) is 0 Å². The predicted molar refractivity (Wildman–Crippen MR) is 60.3 cm³/mol. The molecule has 0 aliphatic carbocycles. The number of methoxy groups -OCH3 is 1. The Labute approximate surface area is 96.0 Å². The SMILES string of the molecule is CO/N=C(\Br)c1ccc(C(=O)OC)cc1. The Morgan fingerprint density at radius 3 is 2.20 bits per heavy atom. The van der Waals surface area contributed by atoms with Gasteiger partial charge in [-0.15, -0.1) is 0 Å².